The van der Waals surface area contributed by atoms with E-state index >= 15 is 0 Å². The van der Waals surface area contributed by atoms with Crippen LogP contribution in [-0.2, 0) is 6.42 Å². The highest BCUT2D eigenvalue weighted by molar-refractivity contribution is 5.72. The van der Waals surface area contributed by atoms with Crippen LogP contribution in [0.4, 0.5) is 11.4 Å². The molecule has 0 saturated carbocycles. The van der Waals surface area contributed by atoms with Gasteiger partial charge in [-0.05, 0) is 24.1 Å². The zero-order valence-electron chi connectivity index (χ0n) is 8.30. The van der Waals surface area contributed by atoms with E-state index in [4.69, 9.17) is 0 Å². The fraction of sp³-hybridized carbons (Fsp3) is 0.455. The number of fused-ring (bicyclic) bond motifs is 1. The molecule has 0 aliphatic carbocycles. The quantitative estimate of drug-likeness (QED) is 0.705. The molecule has 1 aromatic rings. The number of benzene rings is 1. The molecule has 1 heterocycles. The Labute approximate surface area is 79.6 Å². The Bertz CT molecular complexity index is 307. The molecule has 0 atom stereocenters. The lowest BCUT2D eigenvalue weighted by Gasteiger charge is -2.28. The first-order valence-electron chi connectivity index (χ1n) is 4.89. The molecule has 0 saturated heterocycles. The molecule has 2 heteroatoms. The highest BCUT2D eigenvalue weighted by Crippen LogP contribution is 2.28. The second kappa shape index (κ2) is 3.29. The third-order valence-corrected chi connectivity index (χ3v) is 2.64. The van der Waals surface area contributed by atoms with Gasteiger partial charge in [-0.2, -0.15) is 0 Å². The van der Waals surface area contributed by atoms with Crippen molar-refractivity contribution in [2.24, 2.45) is 0 Å². The van der Waals surface area contributed by atoms with Crippen LogP contribution in [0.5, 0.6) is 0 Å². The van der Waals surface area contributed by atoms with E-state index in [1.807, 2.05) is 0 Å². The molecular weight excluding hydrogens is 160 g/mol. The Hall–Kier alpha value is -1.18. The molecular formula is C11H16N2. The predicted octanol–water partition coefficient (Wildman–Crippen LogP) is 2.11. The van der Waals surface area contributed by atoms with Gasteiger partial charge in [0, 0.05) is 20.1 Å². The van der Waals surface area contributed by atoms with Gasteiger partial charge in [-0.3, -0.25) is 0 Å². The van der Waals surface area contributed by atoms with Crippen LogP contribution in [0.25, 0.3) is 0 Å². The minimum absolute atomic E-state index is 1.05. The van der Waals surface area contributed by atoms with Crippen molar-refractivity contribution in [3.63, 3.8) is 0 Å². The number of hydrogen-bond acceptors (Lipinski definition) is 2. The van der Waals surface area contributed by atoms with Gasteiger partial charge in [0.25, 0.3) is 0 Å². The maximum atomic E-state index is 3.40. The number of nitrogens with one attached hydrogen (secondary N) is 1. The molecule has 13 heavy (non-hydrogen) atoms. The molecule has 0 fully saturated rings. The largest absolute Gasteiger partial charge is 0.382 e. The van der Waals surface area contributed by atoms with Crippen LogP contribution in [0.3, 0.4) is 0 Å². The second-order valence-electron chi connectivity index (χ2n) is 3.55. The smallest absolute Gasteiger partial charge is 0.0602 e. The van der Waals surface area contributed by atoms with Crippen LogP contribution in [0, 0.1) is 0 Å². The maximum Gasteiger partial charge on any atom is 0.0602 e. The van der Waals surface area contributed by atoms with Crippen LogP contribution in [0.2, 0.25) is 0 Å². The first-order valence-corrected chi connectivity index (χ1v) is 4.89. The van der Waals surface area contributed by atoms with Crippen molar-refractivity contribution in [3.05, 3.63) is 23.8 Å². The second-order valence-corrected chi connectivity index (χ2v) is 3.55. The van der Waals surface area contributed by atoms with Crippen molar-refractivity contribution in [1.82, 2.24) is 0 Å². The summed E-state index contributed by atoms with van der Waals surface area (Å²) < 4.78 is 0. The molecule has 0 bridgehead atoms. The SMILES string of the molecule is CCc1ccc2c(c1)N(C)CCN2. The van der Waals surface area contributed by atoms with E-state index in [-0.39, 0.29) is 0 Å². The van der Waals surface area contributed by atoms with Gasteiger partial charge in [0.05, 0.1) is 11.4 Å². The number of hydrogen-bond donors (Lipinski definition) is 1. The summed E-state index contributed by atoms with van der Waals surface area (Å²) in [4.78, 5) is 2.31. The number of likely N-dealkylation sites (N-methyl/N-ethyl adjacent to an activating group) is 1. The summed E-state index contributed by atoms with van der Waals surface area (Å²) in [6, 6.07) is 6.66. The molecule has 2 nitrogen and oxygen atoms in total. The third kappa shape index (κ3) is 1.48. The van der Waals surface area contributed by atoms with Crippen LogP contribution >= 0.6 is 0 Å². The fourth-order valence-corrected chi connectivity index (χ4v) is 1.74. The van der Waals surface area contributed by atoms with E-state index in [1.54, 1.807) is 0 Å². The first kappa shape index (κ1) is 8.42. The number of anilines is 2. The average molecular weight is 176 g/mol. The summed E-state index contributed by atoms with van der Waals surface area (Å²) in [6.45, 7) is 4.34. The van der Waals surface area contributed by atoms with Gasteiger partial charge in [-0.15, -0.1) is 0 Å². The summed E-state index contributed by atoms with van der Waals surface area (Å²) in [5.74, 6) is 0. The summed E-state index contributed by atoms with van der Waals surface area (Å²) in [6.07, 6.45) is 1.11. The number of rotatable bonds is 1. The Balaban J connectivity index is 2.41. The van der Waals surface area contributed by atoms with Gasteiger partial charge in [0.2, 0.25) is 0 Å². The monoisotopic (exact) mass is 176 g/mol. The van der Waals surface area contributed by atoms with Crippen molar-refractivity contribution in [1.29, 1.82) is 0 Å². The zero-order valence-corrected chi connectivity index (χ0v) is 8.30. The van der Waals surface area contributed by atoms with Crippen LogP contribution in [0.15, 0.2) is 18.2 Å². The van der Waals surface area contributed by atoms with E-state index in [0.717, 1.165) is 19.5 Å². The van der Waals surface area contributed by atoms with Gasteiger partial charge in [0.15, 0.2) is 0 Å². The normalized spacial score (nSPS) is 15.1. The summed E-state index contributed by atoms with van der Waals surface area (Å²) >= 11 is 0. The number of nitrogens with zero attached hydrogens (tertiary/aromatic N) is 1. The van der Waals surface area contributed by atoms with Crippen molar-refractivity contribution >= 4 is 11.4 Å². The minimum Gasteiger partial charge on any atom is -0.382 e. The summed E-state index contributed by atoms with van der Waals surface area (Å²) in [5, 5.41) is 3.40. The predicted molar refractivity (Wildman–Crippen MR) is 57.6 cm³/mol. The van der Waals surface area contributed by atoms with Crippen molar-refractivity contribution in [2.45, 2.75) is 13.3 Å². The fourth-order valence-electron chi connectivity index (χ4n) is 1.74. The average Bonchev–Trinajstić information content (AvgIpc) is 2.18. The van der Waals surface area contributed by atoms with Crippen molar-refractivity contribution in [3.8, 4) is 0 Å². The Morgan fingerprint density at radius 2 is 2.31 bits per heavy atom. The van der Waals surface area contributed by atoms with E-state index in [2.05, 4.69) is 42.4 Å². The third-order valence-electron chi connectivity index (χ3n) is 2.64. The molecule has 1 N–H and O–H groups in total. The number of aryl methyl sites for hydroxylation is 1. The van der Waals surface area contributed by atoms with Crippen molar-refractivity contribution < 1.29 is 0 Å². The van der Waals surface area contributed by atoms with Crippen molar-refractivity contribution in [2.75, 3.05) is 30.4 Å². The Morgan fingerprint density at radius 3 is 3.08 bits per heavy atom. The van der Waals surface area contributed by atoms with Gasteiger partial charge in [-0.1, -0.05) is 13.0 Å². The highest BCUT2D eigenvalue weighted by Gasteiger charge is 2.12. The zero-order chi connectivity index (χ0) is 9.26. The van der Waals surface area contributed by atoms with Crippen LogP contribution in [0.1, 0.15) is 12.5 Å². The van der Waals surface area contributed by atoms with E-state index in [9.17, 15) is 0 Å². The van der Waals surface area contributed by atoms with Gasteiger partial charge >= 0.3 is 0 Å². The molecule has 0 amide bonds. The summed E-state index contributed by atoms with van der Waals surface area (Å²) in [7, 11) is 2.15. The van der Waals surface area contributed by atoms with E-state index < -0.39 is 0 Å². The van der Waals surface area contributed by atoms with Crippen LogP contribution in [-0.4, -0.2) is 20.1 Å². The maximum absolute atomic E-state index is 3.40. The molecule has 0 radical (unpaired) electrons. The van der Waals surface area contributed by atoms with Crippen LogP contribution < -0.4 is 10.2 Å². The molecule has 70 valence electrons. The molecule has 0 aromatic heterocycles. The molecule has 2 rings (SSSR count). The molecule has 1 aliphatic rings. The van der Waals surface area contributed by atoms with Gasteiger partial charge in [0.1, 0.15) is 0 Å². The molecule has 0 unspecified atom stereocenters. The molecule has 1 aromatic carbocycles. The summed E-state index contributed by atoms with van der Waals surface area (Å²) in [5.41, 5.74) is 4.02. The minimum atomic E-state index is 1.05. The topological polar surface area (TPSA) is 15.3 Å². The van der Waals surface area contributed by atoms with Gasteiger partial charge in [-0.25, -0.2) is 0 Å². The van der Waals surface area contributed by atoms with E-state index in [0.29, 0.717) is 0 Å². The highest BCUT2D eigenvalue weighted by atomic mass is 15.2. The molecule has 0 spiro atoms. The lowest BCUT2D eigenvalue weighted by atomic mass is 10.1. The standard InChI is InChI=1S/C11H16N2/c1-3-9-4-5-10-11(8-9)13(2)7-6-12-10/h4-5,8,12H,3,6-7H2,1-2H3. The lowest BCUT2D eigenvalue weighted by Crippen LogP contribution is -2.30. The lowest BCUT2D eigenvalue weighted by molar-refractivity contribution is 0.884. The van der Waals surface area contributed by atoms with E-state index in [1.165, 1.54) is 16.9 Å². The molecule has 1 aliphatic heterocycles. The Morgan fingerprint density at radius 1 is 1.46 bits per heavy atom. The first-order chi connectivity index (χ1) is 6.31. The Kier molecular flexibility index (Phi) is 2.13. The van der Waals surface area contributed by atoms with Gasteiger partial charge < -0.3 is 10.2 Å².